The van der Waals surface area contributed by atoms with Crippen LogP contribution in [0.1, 0.15) is 89.7 Å². The number of rotatable bonds is 14. The number of piperazine rings is 1. The summed E-state index contributed by atoms with van der Waals surface area (Å²) in [4.78, 5) is 85.2. The summed E-state index contributed by atoms with van der Waals surface area (Å²) in [6.45, 7) is 16.8. The van der Waals surface area contributed by atoms with Crippen molar-refractivity contribution < 1.29 is 34.1 Å². The number of nitrogens with one attached hydrogen (secondary N) is 2. The van der Waals surface area contributed by atoms with E-state index >= 15 is 0 Å². The lowest BCUT2D eigenvalue weighted by atomic mass is 9.73. The molecule has 0 saturated carbocycles. The van der Waals surface area contributed by atoms with Gasteiger partial charge in [0.15, 0.2) is 5.82 Å². The van der Waals surface area contributed by atoms with Crippen molar-refractivity contribution in [3.8, 4) is 10.4 Å². The minimum atomic E-state index is -0.936. The molecular weight excluding hydrogens is 1030 g/mol. The van der Waals surface area contributed by atoms with Gasteiger partial charge in [0.1, 0.15) is 28.6 Å². The average Bonchev–Trinajstić information content (AvgIpc) is 4.12. The van der Waals surface area contributed by atoms with Gasteiger partial charge in [-0.05, 0) is 62.1 Å². The van der Waals surface area contributed by atoms with Crippen molar-refractivity contribution in [3.63, 3.8) is 0 Å². The van der Waals surface area contributed by atoms with Gasteiger partial charge in [-0.3, -0.25) is 24.1 Å². The monoisotopic (exact) mass is 1100 g/mol. The maximum Gasteiger partial charge on any atom is 0.246 e. The molecule has 19 nitrogen and oxygen atoms in total. The molecule has 8 heterocycles. The number of aryl methyl sites for hydroxylation is 1. The summed E-state index contributed by atoms with van der Waals surface area (Å²) in [6.07, 6.45) is 5.77. The maximum atomic E-state index is 14.4. The summed E-state index contributed by atoms with van der Waals surface area (Å²) in [5, 5.41) is 28.4. The van der Waals surface area contributed by atoms with Crippen LogP contribution < -0.4 is 26.2 Å². The molecule has 1 aromatic carbocycles. The molecule has 6 atom stereocenters. The number of likely N-dealkylation sites (tertiary alicyclic amines) is 1. The smallest absolute Gasteiger partial charge is 0.246 e. The second-order valence-electron chi connectivity index (χ2n) is 22.3. The second kappa shape index (κ2) is 23.5. The Kier molecular flexibility index (Phi) is 17.3. The lowest BCUT2D eigenvalue weighted by Gasteiger charge is -2.41. The number of nitrogens with zero attached hydrogens (tertiary/aromatic N) is 9. The van der Waals surface area contributed by atoms with Crippen molar-refractivity contribution >= 4 is 70.0 Å². The third-order valence-corrected chi connectivity index (χ3v) is 18.6. The molecule has 4 aromatic rings. The summed E-state index contributed by atoms with van der Waals surface area (Å²) >= 11 is 10.0. The SMILES string of the molecule is CC(=O)N[C@H](C(=O)N1C[C@H](O)C[C@H]1C(=O)N[C@@H](CN1CCN(C(=O)C2CCN(c3nccc(Sc4cnc(N5CCC6(CC5)CO[C@@H](C)[C@H]6N)c(CO)n4)c3Cl)CC2)CC1)c1ccc(-c2scnc2C)cc1)C(C)(C)C. The molecule has 0 aliphatic carbocycles. The Labute approximate surface area is 458 Å². The average molecular weight is 1100 g/mol. The van der Waals surface area contributed by atoms with Crippen LogP contribution in [-0.4, -0.2) is 171 Å². The van der Waals surface area contributed by atoms with E-state index in [1.165, 1.54) is 23.6 Å². The number of anilines is 2. The molecule has 0 radical (unpaired) electrons. The highest BCUT2D eigenvalue weighted by molar-refractivity contribution is 7.99. The largest absolute Gasteiger partial charge is 0.391 e. The van der Waals surface area contributed by atoms with Crippen molar-refractivity contribution in [2.45, 2.75) is 127 Å². The molecule has 76 heavy (non-hydrogen) atoms. The molecule has 1 spiro atoms. The van der Waals surface area contributed by atoms with E-state index in [0.29, 0.717) is 92.6 Å². The predicted molar refractivity (Wildman–Crippen MR) is 293 cm³/mol. The Morgan fingerprint density at radius 2 is 1.66 bits per heavy atom. The van der Waals surface area contributed by atoms with Crippen LogP contribution in [0.4, 0.5) is 11.6 Å². The zero-order valence-corrected chi connectivity index (χ0v) is 46.8. The lowest BCUT2D eigenvalue weighted by molar-refractivity contribution is -0.144. The number of carbonyl (C=O) groups is 4. The van der Waals surface area contributed by atoms with E-state index in [-0.39, 0.29) is 60.8 Å². The first-order chi connectivity index (χ1) is 36.3. The van der Waals surface area contributed by atoms with E-state index in [2.05, 4.69) is 35.3 Å². The van der Waals surface area contributed by atoms with Gasteiger partial charge in [0.25, 0.3) is 0 Å². The number of carbonyl (C=O) groups excluding carboxylic acids is 4. The van der Waals surface area contributed by atoms with Crippen molar-refractivity contribution in [1.29, 1.82) is 0 Å². The topological polar surface area (TPSA) is 236 Å². The first kappa shape index (κ1) is 55.7. The molecule has 0 unspecified atom stereocenters. The molecule has 0 bridgehead atoms. The van der Waals surface area contributed by atoms with Crippen molar-refractivity contribution in [3.05, 3.63) is 70.2 Å². The number of halogens is 1. The fourth-order valence-electron chi connectivity index (χ4n) is 11.6. The van der Waals surface area contributed by atoms with Crippen LogP contribution in [0, 0.1) is 23.7 Å². The van der Waals surface area contributed by atoms with E-state index in [1.54, 1.807) is 23.7 Å². The van der Waals surface area contributed by atoms with E-state index in [1.807, 2.05) is 75.4 Å². The number of aliphatic hydroxyl groups is 2. The summed E-state index contributed by atoms with van der Waals surface area (Å²) in [6, 6.07) is 7.64. The van der Waals surface area contributed by atoms with Crippen LogP contribution in [-0.2, 0) is 30.5 Å². The number of β-amino-alcohol motifs (C(OH)–C–C–N with tert-alkyl or cyclic N) is 1. The van der Waals surface area contributed by atoms with Crippen LogP contribution in [0.25, 0.3) is 10.4 Å². The summed E-state index contributed by atoms with van der Waals surface area (Å²) in [5.41, 5.74) is 11.1. The first-order valence-corrected chi connectivity index (χ1v) is 28.6. The number of pyridine rings is 1. The third-order valence-electron chi connectivity index (χ3n) is 16.1. The lowest BCUT2D eigenvalue weighted by Crippen LogP contribution is -2.58. The highest BCUT2D eigenvalue weighted by Gasteiger charge is 2.48. The molecule has 4 amide bonds. The molecular formula is C54H73ClN12O7S2. The van der Waals surface area contributed by atoms with E-state index in [0.717, 1.165) is 52.5 Å². The molecule has 5 aliphatic heterocycles. The summed E-state index contributed by atoms with van der Waals surface area (Å²) < 4.78 is 5.91. The van der Waals surface area contributed by atoms with Crippen LogP contribution >= 0.6 is 34.7 Å². The minimum absolute atomic E-state index is 0.00347. The number of hydrogen-bond acceptors (Lipinski definition) is 17. The highest BCUT2D eigenvalue weighted by Crippen LogP contribution is 2.43. The predicted octanol–water partition coefficient (Wildman–Crippen LogP) is 4.66. The fraction of sp³-hybridized carbons (Fsp3) is 0.593. The van der Waals surface area contributed by atoms with Crippen LogP contribution in [0.2, 0.25) is 5.02 Å². The van der Waals surface area contributed by atoms with Crippen molar-refractivity contribution in [1.82, 2.24) is 45.3 Å². The second-order valence-corrected chi connectivity index (χ2v) is 24.6. The number of benzene rings is 1. The van der Waals surface area contributed by atoms with Crippen molar-refractivity contribution in [2.75, 3.05) is 81.9 Å². The number of thiazole rings is 1. The number of amides is 4. The molecule has 410 valence electrons. The Morgan fingerprint density at radius 3 is 2.28 bits per heavy atom. The molecule has 5 saturated heterocycles. The Morgan fingerprint density at radius 1 is 0.961 bits per heavy atom. The summed E-state index contributed by atoms with van der Waals surface area (Å²) in [5.74, 6) is 0.174. The van der Waals surface area contributed by atoms with Gasteiger partial charge in [-0.25, -0.2) is 19.9 Å². The standard InChI is InChI=1S/C54H73ClN12O7S2/c1-32-45(75-31-59-32)36-9-7-35(8-10-36)39(62-50(71)41-25-38(70)27-67(41)52(73)47(53(4,5)6)60-34(3)69)28-63-21-23-66(24-22-63)51(72)37-12-17-64(18-13-37)49-44(55)42(11-16-57-49)76-43-26-58-48(40(29-68)61-43)65-19-14-54(15-20-65)30-74-33(2)46(54)56/h7-11,16,26,31,33,37-39,41,46-47,68,70H,12-15,17-25,27-30,56H2,1-6H3,(H,60,69)(H,62,71)/t33-,38+,39-,41-,46+,47+/m0/s1. The van der Waals surface area contributed by atoms with Gasteiger partial charge in [0, 0.05) is 107 Å². The van der Waals surface area contributed by atoms with Gasteiger partial charge in [-0.15, -0.1) is 11.3 Å². The normalized spacial score (nSPS) is 23.2. The number of piperidine rings is 2. The number of aromatic nitrogens is 4. The molecule has 3 aromatic heterocycles. The Balaban J connectivity index is 0.802. The highest BCUT2D eigenvalue weighted by atomic mass is 35.5. The van der Waals surface area contributed by atoms with Gasteiger partial charge in [-0.1, -0.05) is 68.4 Å². The molecule has 5 fully saturated rings. The van der Waals surface area contributed by atoms with Gasteiger partial charge in [0.05, 0.1) is 58.8 Å². The van der Waals surface area contributed by atoms with Crippen LogP contribution in [0.15, 0.2) is 58.2 Å². The Bertz CT molecular complexity index is 2720. The van der Waals surface area contributed by atoms with Crippen LogP contribution in [0.5, 0.6) is 0 Å². The molecule has 9 rings (SSSR count). The number of nitrogens with two attached hydrogens (primary N) is 1. The minimum Gasteiger partial charge on any atom is -0.391 e. The van der Waals surface area contributed by atoms with Crippen LogP contribution in [0.3, 0.4) is 0 Å². The van der Waals surface area contributed by atoms with E-state index in [4.69, 9.17) is 32.0 Å². The van der Waals surface area contributed by atoms with Gasteiger partial charge in [0.2, 0.25) is 23.6 Å². The number of ether oxygens (including phenoxy) is 1. The van der Waals surface area contributed by atoms with E-state index < -0.39 is 35.6 Å². The quantitative estimate of drug-likeness (QED) is 0.115. The first-order valence-electron chi connectivity index (χ1n) is 26.6. The van der Waals surface area contributed by atoms with Gasteiger partial charge in [-0.2, -0.15) is 0 Å². The zero-order chi connectivity index (χ0) is 54.1. The molecule has 5 aliphatic rings. The zero-order valence-electron chi connectivity index (χ0n) is 44.4. The molecule has 6 N–H and O–H groups in total. The number of hydrogen-bond donors (Lipinski definition) is 5. The summed E-state index contributed by atoms with van der Waals surface area (Å²) in [7, 11) is 0. The van der Waals surface area contributed by atoms with Gasteiger partial charge >= 0.3 is 0 Å². The van der Waals surface area contributed by atoms with E-state index in [9.17, 15) is 29.4 Å². The molecule has 22 heteroatoms. The van der Waals surface area contributed by atoms with Crippen molar-refractivity contribution in [2.24, 2.45) is 22.5 Å². The number of aliphatic hydroxyl groups excluding tert-OH is 2. The third kappa shape index (κ3) is 12.2. The Hall–Kier alpha value is -5.00. The maximum absolute atomic E-state index is 14.4. The van der Waals surface area contributed by atoms with Gasteiger partial charge < -0.3 is 50.9 Å². The fourth-order valence-corrected chi connectivity index (χ4v) is 13.5.